The first-order valence-electron chi connectivity index (χ1n) is 4.71. The lowest BCUT2D eigenvalue weighted by atomic mass is 9.89. The van der Waals surface area contributed by atoms with E-state index in [2.05, 4.69) is 15.9 Å². The number of aliphatic hydroxyl groups excluding tert-OH is 1. The van der Waals surface area contributed by atoms with Crippen LogP contribution in [-0.2, 0) is 6.42 Å². The van der Waals surface area contributed by atoms with Gasteiger partial charge in [-0.25, -0.2) is 0 Å². The third-order valence-electron chi connectivity index (χ3n) is 2.70. The van der Waals surface area contributed by atoms with Gasteiger partial charge in [0.15, 0.2) is 0 Å². The predicted molar refractivity (Wildman–Crippen MR) is 59.0 cm³/mol. The summed E-state index contributed by atoms with van der Waals surface area (Å²) in [5.74, 6) is 0.810. The van der Waals surface area contributed by atoms with Gasteiger partial charge in [-0.05, 0) is 36.1 Å². The number of aryl methyl sites for hydroxylation is 1. The molecule has 2 unspecified atom stereocenters. The molecule has 0 radical (unpaired) electrons. The second-order valence-corrected chi connectivity index (χ2v) is 4.74. The highest BCUT2D eigenvalue weighted by molar-refractivity contribution is 9.09. The Hall–Kier alpha value is -0.540. The highest BCUT2D eigenvalue weighted by Crippen LogP contribution is 2.35. The summed E-state index contributed by atoms with van der Waals surface area (Å²) in [4.78, 5) is 0.169. The number of ether oxygens (including phenoxy) is 1. The number of fused-ring (bicyclic) bond motifs is 1. The van der Waals surface area contributed by atoms with Crippen molar-refractivity contribution in [3.8, 4) is 5.75 Å². The lowest BCUT2D eigenvalue weighted by molar-refractivity contribution is 0.165. The van der Waals surface area contributed by atoms with E-state index in [-0.39, 0.29) is 4.83 Å². The molecule has 1 aromatic rings. The van der Waals surface area contributed by atoms with Crippen LogP contribution in [0.2, 0.25) is 0 Å². The topological polar surface area (TPSA) is 29.5 Å². The van der Waals surface area contributed by atoms with Gasteiger partial charge in [0.25, 0.3) is 0 Å². The average molecular weight is 257 g/mol. The molecule has 0 bridgehead atoms. The van der Waals surface area contributed by atoms with Crippen LogP contribution in [0.4, 0.5) is 0 Å². The third kappa shape index (κ3) is 1.66. The van der Waals surface area contributed by atoms with Crippen LogP contribution in [0.1, 0.15) is 23.7 Å². The van der Waals surface area contributed by atoms with Crippen molar-refractivity contribution in [3.05, 3.63) is 29.3 Å². The van der Waals surface area contributed by atoms with Gasteiger partial charge in [0.1, 0.15) is 5.75 Å². The molecule has 0 spiro atoms. The minimum atomic E-state index is -0.408. The zero-order chi connectivity index (χ0) is 10.1. The van der Waals surface area contributed by atoms with Crippen molar-refractivity contribution in [1.29, 1.82) is 0 Å². The molecule has 1 N–H and O–H groups in total. The van der Waals surface area contributed by atoms with Crippen LogP contribution in [0.25, 0.3) is 0 Å². The largest absolute Gasteiger partial charge is 0.497 e. The van der Waals surface area contributed by atoms with Crippen molar-refractivity contribution in [2.24, 2.45) is 0 Å². The van der Waals surface area contributed by atoms with Gasteiger partial charge in [-0.3, -0.25) is 0 Å². The summed E-state index contributed by atoms with van der Waals surface area (Å²) in [6.07, 6.45) is 1.60. The van der Waals surface area contributed by atoms with E-state index in [1.807, 2.05) is 18.2 Å². The van der Waals surface area contributed by atoms with Gasteiger partial charge < -0.3 is 9.84 Å². The first kappa shape index (κ1) is 9.99. The van der Waals surface area contributed by atoms with Crippen molar-refractivity contribution in [1.82, 2.24) is 0 Å². The molecule has 2 nitrogen and oxygen atoms in total. The van der Waals surface area contributed by atoms with Gasteiger partial charge in [0, 0.05) is 4.83 Å². The number of benzene rings is 1. The third-order valence-corrected chi connectivity index (χ3v) is 3.66. The Kier molecular flexibility index (Phi) is 2.79. The van der Waals surface area contributed by atoms with Gasteiger partial charge >= 0.3 is 0 Å². The van der Waals surface area contributed by atoms with E-state index in [0.29, 0.717) is 0 Å². The Morgan fingerprint density at radius 2 is 2.29 bits per heavy atom. The van der Waals surface area contributed by atoms with Gasteiger partial charge in [-0.2, -0.15) is 0 Å². The molecule has 76 valence electrons. The molecule has 0 amide bonds. The summed E-state index contributed by atoms with van der Waals surface area (Å²) in [7, 11) is 1.64. The maximum absolute atomic E-state index is 9.95. The van der Waals surface area contributed by atoms with Crippen LogP contribution >= 0.6 is 15.9 Å². The van der Waals surface area contributed by atoms with E-state index in [1.165, 1.54) is 5.56 Å². The predicted octanol–water partition coefficient (Wildman–Crippen LogP) is 2.44. The molecule has 14 heavy (non-hydrogen) atoms. The number of aliphatic hydroxyl groups is 1. The van der Waals surface area contributed by atoms with Crippen LogP contribution in [0.15, 0.2) is 18.2 Å². The van der Waals surface area contributed by atoms with Crippen molar-refractivity contribution < 1.29 is 9.84 Å². The monoisotopic (exact) mass is 256 g/mol. The number of hydrogen-bond acceptors (Lipinski definition) is 2. The van der Waals surface area contributed by atoms with Crippen LogP contribution < -0.4 is 4.74 Å². The lowest BCUT2D eigenvalue weighted by Crippen LogP contribution is -2.20. The minimum absolute atomic E-state index is 0.169. The smallest absolute Gasteiger partial charge is 0.119 e. The number of hydrogen-bond donors (Lipinski definition) is 1. The van der Waals surface area contributed by atoms with E-state index in [0.717, 1.165) is 24.2 Å². The summed E-state index contributed by atoms with van der Waals surface area (Å²) in [6.45, 7) is 0. The Labute approximate surface area is 92.0 Å². The lowest BCUT2D eigenvalue weighted by Gasteiger charge is -2.26. The molecule has 0 fully saturated rings. The van der Waals surface area contributed by atoms with E-state index >= 15 is 0 Å². The van der Waals surface area contributed by atoms with Crippen LogP contribution in [0.5, 0.6) is 5.75 Å². The first-order chi connectivity index (χ1) is 6.72. The molecule has 1 aliphatic rings. The van der Waals surface area contributed by atoms with Gasteiger partial charge in [0.05, 0.1) is 13.2 Å². The van der Waals surface area contributed by atoms with E-state index in [1.54, 1.807) is 7.11 Å². The summed E-state index contributed by atoms with van der Waals surface area (Å²) in [5, 5.41) is 9.95. The average Bonchev–Trinajstić information content (AvgIpc) is 2.23. The van der Waals surface area contributed by atoms with Crippen molar-refractivity contribution in [3.63, 3.8) is 0 Å². The van der Waals surface area contributed by atoms with Crippen LogP contribution in [-0.4, -0.2) is 17.0 Å². The Morgan fingerprint density at radius 1 is 1.50 bits per heavy atom. The van der Waals surface area contributed by atoms with E-state index in [4.69, 9.17) is 4.74 Å². The molecule has 2 rings (SSSR count). The second kappa shape index (κ2) is 3.91. The summed E-state index contributed by atoms with van der Waals surface area (Å²) >= 11 is 3.48. The number of alkyl halides is 1. The Morgan fingerprint density at radius 3 is 3.00 bits per heavy atom. The summed E-state index contributed by atoms with van der Waals surface area (Å²) < 4.78 is 5.14. The highest BCUT2D eigenvalue weighted by Gasteiger charge is 2.25. The Balaban J connectivity index is 2.41. The molecule has 0 aromatic heterocycles. The number of halogens is 1. The summed E-state index contributed by atoms with van der Waals surface area (Å²) in [5.41, 5.74) is 2.23. The van der Waals surface area contributed by atoms with Gasteiger partial charge in [0.2, 0.25) is 0 Å². The molecule has 0 aliphatic heterocycles. The highest BCUT2D eigenvalue weighted by atomic mass is 79.9. The zero-order valence-corrected chi connectivity index (χ0v) is 9.62. The fraction of sp³-hybridized carbons (Fsp3) is 0.455. The number of rotatable bonds is 1. The molecule has 0 saturated heterocycles. The fourth-order valence-corrected chi connectivity index (χ4v) is 2.36. The molecular formula is C11H13BrO2. The quantitative estimate of drug-likeness (QED) is 0.783. The maximum atomic E-state index is 9.95. The maximum Gasteiger partial charge on any atom is 0.119 e. The van der Waals surface area contributed by atoms with Crippen LogP contribution in [0, 0.1) is 0 Å². The van der Waals surface area contributed by atoms with Crippen LogP contribution in [0.3, 0.4) is 0 Å². The molecule has 1 aliphatic carbocycles. The van der Waals surface area contributed by atoms with E-state index < -0.39 is 6.10 Å². The molecule has 0 saturated carbocycles. The Bertz CT molecular complexity index is 338. The molecule has 1 aromatic carbocycles. The first-order valence-corrected chi connectivity index (χ1v) is 5.63. The number of methoxy groups -OCH3 is 1. The molecule has 0 heterocycles. The van der Waals surface area contributed by atoms with Crippen molar-refractivity contribution in [2.45, 2.75) is 23.8 Å². The SMILES string of the molecule is COc1ccc2c(c1)C(O)C(Br)CC2. The van der Waals surface area contributed by atoms with Crippen molar-refractivity contribution in [2.75, 3.05) is 7.11 Å². The zero-order valence-electron chi connectivity index (χ0n) is 8.03. The fourth-order valence-electron chi connectivity index (χ4n) is 1.85. The summed E-state index contributed by atoms with van der Waals surface area (Å²) in [6, 6.07) is 5.91. The molecular weight excluding hydrogens is 244 g/mol. The van der Waals surface area contributed by atoms with Gasteiger partial charge in [-0.15, -0.1) is 0 Å². The normalized spacial score (nSPS) is 25.6. The van der Waals surface area contributed by atoms with Crippen molar-refractivity contribution >= 4 is 15.9 Å². The van der Waals surface area contributed by atoms with E-state index in [9.17, 15) is 5.11 Å². The second-order valence-electron chi connectivity index (χ2n) is 3.56. The van der Waals surface area contributed by atoms with Gasteiger partial charge in [-0.1, -0.05) is 22.0 Å². The molecule has 3 heteroatoms. The molecule has 2 atom stereocenters. The minimum Gasteiger partial charge on any atom is -0.497 e. The standard InChI is InChI=1S/C11H13BrO2/c1-14-8-4-2-7-3-5-10(12)11(13)9(7)6-8/h2,4,6,10-11,13H,3,5H2,1H3.